The summed E-state index contributed by atoms with van der Waals surface area (Å²) in [6.07, 6.45) is 5.37. The standard InChI is InChI=1S/C16H26N2OS/c1-2-17-15(6-5-13-7-9-20-12-13)16-10-18-8-3-4-14(18)11-19-16/h7,9,12,14-17H,2-6,8,10-11H2,1H3. The van der Waals surface area contributed by atoms with E-state index < -0.39 is 0 Å². The van der Waals surface area contributed by atoms with Crippen LogP contribution in [-0.2, 0) is 11.2 Å². The molecule has 0 aliphatic carbocycles. The quantitative estimate of drug-likeness (QED) is 0.872. The first kappa shape index (κ1) is 14.5. The van der Waals surface area contributed by atoms with Gasteiger partial charge < -0.3 is 10.1 Å². The molecule has 3 atom stereocenters. The Morgan fingerprint density at radius 3 is 3.30 bits per heavy atom. The van der Waals surface area contributed by atoms with Crippen LogP contribution in [0.5, 0.6) is 0 Å². The molecule has 1 aromatic heterocycles. The molecule has 112 valence electrons. The lowest BCUT2D eigenvalue weighted by Crippen LogP contribution is -2.54. The zero-order chi connectivity index (χ0) is 13.8. The number of thiophene rings is 1. The molecule has 0 spiro atoms. The van der Waals surface area contributed by atoms with Gasteiger partial charge in [0.05, 0.1) is 12.7 Å². The van der Waals surface area contributed by atoms with Crippen molar-refractivity contribution in [3.63, 3.8) is 0 Å². The predicted octanol–water partition coefficient (Wildman–Crippen LogP) is 2.52. The maximum Gasteiger partial charge on any atom is 0.0855 e. The highest BCUT2D eigenvalue weighted by atomic mass is 32.1. The Kier molecular flexibility index (Phi) is 5.10. The summed E-state index contributed by atoms with van der Waals surface area (Å²) >= 11 is 1.79. The van der Waals surface area contributed by atoms with Crippen LogP contribution < -0.4 is 5.32 Å². The van der Waals surface area contributed by atoms with Crippen LogP contribution in [-0.4, -0.2) is 49.3 Å². The highest BCUT2D eigenvalue weighted by Gasteiger charge is 2.35. The van der Waals surface area contributed by atoms with Gasteiger partial charge in [-0.2, -0.15) is 11.3 Å². The first-order valence-corrected chi connectivity index (χ1v) is 8.91. The zero-order valence-electron chi connectivity index (χ0n) is 12.4. The largest absolute Gasteiger partial charge is 0.374 e. The van der Waals surface area contributed by atoms with Gasteiger partial charge in [0.15, 0.2) is 0 Å². The summed E-state index contributed by atoms with van der Waals surface area (Å²) in [5.41, 5.74) is 1.47. The lowest BCUT2D eigenvalue weighted by Gasteiger charge is -2.39. The third-order valence-electron chi connectivity index (χ3n) is 4.66. The number of fused-ring (bicyclic) bond motifs is 1. The third-order valence-corrected chi connectivity index (χ3v) is 5.39. The van der Waals surface area contributed by atoms with Crippen molar-refractivity contribution in [2.24, 2.45) is 0 Å². The van der Waals surface area contributed by atoms with Crippen LogP contribution in [0.25, 0.3) is 0 Å². The Labute approximate surface area is 126 Å². The first-order chi connectivity index (χ1) is 9.86. The third kappa shape index (κ3) is 3.42. The number of rotatable bonds is 6. The average Bonchev–Trinajstić information content (AvgIpc) is 3.13. The fourth-order valence-corrected chi connectivity index (χ4v) is 4.23. The van der Waals surface area contributed by atoms with Gasteiger partial charge in [-0.1, -0.05) is 6.92 Å². The van der Waals surface area contributed by atoms with Gasteiger partial charge in [-0.15, -0.1) is 0 Å². The van der Waals surface area contributed by atoms with Crippen molar-refractivity contribution < 1.29 is 4.74 Å². The van der Waals surface area contributed by atoms with E-state index in [2.05, 4.69) is 34.0 Å². The number of aryl methyl sites for hydroxylation is 1. The summed E-state index contributed by atoms with van der Waals surface area (Å²) in [4.78, 5) is 2.64. The second-order valence-corrected chi connectivity index (χ2v) is 6.78. The maximum atomic E-state index is 6.17. The highest BCUT2D eigenvalue weighted by molar-refractivity contribution is 7.07. The van der Waals surface area contributed by atoms with Crippen molar-refractivity contribution in [2.75, 3.05) is 26.2 Å². The number of hydrogen-bond donors (Lipinski definition) is 1. The van der Waals surface area contributed by atoms with Crippen LogP contribution in [0.3, 0.4) is 0 Å². The lowest BCUT2D eigenvalue weighted by atomic mass is 10.0. The molecule has 2 aliphatic rings. The topological polar surface area (TPSA) is 24.5 Å². The number of likely N-dealkylation sites (N-methyl/N-ethyl adjacent to an activating group) is 1. The highest BCUT2D eigenvalue weighted by Crippen LogP contribution is 2.25. The van der Waals surface area contributed by atoms with Crippen LogP contribution in [0.2, 0.25) is 0 Å². The van der Waals surface area contributed by atoms with Crippen molar-refractivity contribution in [1.82, 2.24) is 10.2 Å². The van der Waals surface area contributed by atoms with Crippen LogP contribution in [0.4, 0.5) is 0 Å². The van der Waals surface area contributed by atoms with Crippen molar-refractivity contribution >= 4 is 11.3 Å². The molecule has 20 heavy (non-hydrogen) atoms. The Bertz CT molecular complexity index is 395. The normalized spacial score (nSPS) is 28.4. The van der Waals surface area contributed by atoms with Gasteiger partial charge in [-0.05, 0) is 61.2 Å². The summed E-state index contributed by atoms with van der Waals surface area (Å²) in [6.45, 7) is 6.54. The summed E-state index contributed by atoms with van der Waals surface area (Å²) in [5.74, 6) is 0. The van der Waals surface area contributed by atoms with E-state index in [1.165, 1.54) is 31.4 Å². The summed E-state index contributed by atoms with van der Waals surface area (Å²) in [6, 6.07) is 3.43. The van der Waals surface area contributed by atoms with E-state index in [0.29, 0.717) is 18.2 Å². The molecule has 0 aromatic carbocycles. The summed E-state index contributed by atoms with van der Waals surface area (Å²) in [5, 5.41) is 8.08. The summed E-state index contributed by atoms with van der Waals surface area (Å²) in [7, 11) is 0. The number of hydrogen-bond acceptors (Lipinski definition) is 4. The monoisotopic (exact) mass is 294 g/mol. The second kappa shape index (κ2) is 7.03. The van der Waals surface area contributed by atoms with Crippen molar-refractivity contribution in [2.45, 2.75) is 50.8 Å². The minimum Gasteiger partial charge on any atom is -0.374 e. The molecule has 0 bridgehead atoms. The lowest BCUT2D eigenvalue weighted by molar-refractivity contribution is -0.0653. The van der Waals surface area contributed by atoms with Gasteiger partial charge in [-0.3, -0.25) is 4.90 Å². The molecule has 2 fully saturated rings. The van der Waals surface area contributed by atoms with Crippen LogP contribution >= 0.6 is 11.3 Å². The number of ether oxygens (including phenoxy) is 1. The maximum absolute atomic E-state index is 6.17. The Morgan fingerprint density at radius 1 is 1.55 bits per heavy atom. The predicted molar refractivity (Wildman–Crippen MR) is 84.4 cm³/mol. The van der Waals surface area contributed by atoms with Crippen molar-refractivity contribution in [1.29, 1.82) is 0 Å². The molecular weight excluding hydrogens is 268 g/mol. The average molecular weight is 294 g/mol. The van der Waals surface area contributed by atoms with Gasteiger partial charge in [0.25, 0.3) is 0 Å². The molecule has 3 rings (SSSR count). The molecule has 3 heterocycles. The van der Waals surface area contributed by atoms with E-state index in [0.717, 1.165) is 26.1 Å². The molecule has 1 N–H and O–H groups in total. The molecule has 2 aliphatic heterocycles. The molecule has 0 amide bonds. The van der Waals surface area contributed by atoms with E-state index in [9.17, 15) is 0 Å². The smallest absolute Gasteiger partial charge is 0.0855 e. The Morgan fingerprint density at radius 2 is 2.50 bits per heavy atom. The molecule has 1 aromatic rings. The number of nitrogens with zero attached hydrogens (tertiary/aromatic N) is 1. The van der Waals surface area contributed by atoms with Crippen molar-refractivity contribution in [3.8, 4) is 0 Å². The van der Waals surface area contributed by atoms with E-state index in [4.69, 9.17) is 4.74 Å². The van der Waals surface area contributed by atoms with Crippen LogP contribution in [0.1, 0.15) is 31.7 Å². The SMILES string of the molecule is CCNC(CCc1ccsc1)C1CN2CCCC2CO1. The molecule has 4 heteroatoms. The zero-order valence-corrected chi connectivity index (χ0v) is 13.2. The number of nitrogens with one attached hydrogen (secondary N) is 1. The fraction of sp³-hybridized carbons (Fsp3) is 0.750. The number of morpholine rings is 1. The summed E-state index contributed by atoms with van der Waals surface area (Å²) < 4.78 is 6.17. The fourth-order valence-electron chi connectivity index (χ4n) is 3.52. The first-order valence-electron chi connectivity index (χ1n) is 7.97. The van der Waals surface area contributed by atoms with Gasteiger partial charge in [0.2, 0.25) is 0 Å². The van der Waals surface area contributed by atoms with E-state index in [1.54, 1.807) is 11.3 Å². The molecule has 2 saturated heterocycles. The minimum absolute atomic E-state index is 0.364. The van der Waals surface area contributed by atoms with E-state index in [-0.39, 0.29) is 0 Å². The van der Waals surface area contributed by atoms with Crippen LogP contribution in [0.15, 0.2) is 16.8 Å². The Balaban J connectivity index is 1.55. The van der Waals surface area contributed by atoms with E-state index in [1.807, 2.05) is 0 Å². The molecule has 3 unspecified atom stereocenters. The van der Waals surface area contributed by atoms with Crippen LogP contribution in [0, 0.1) is 0 Å². The van der Waals surface area contributed by atoms with Crippen molar-refractivity contribution in [3.05, 3.63) is 22.4 Å². The van der Waals surface area contributed by atoms with Gasteiger partial charge in [0.1, 0.15) is 0 Å². The van der Waals surface area contributed by atoms with Gasteiger partial charge in [0, 0.05) is 18.6 Å². The second-order valence-electron chi connectivity index (χ2n) is 6.00. The molecular formula is C16H26N2OS. The van der Waals surface area contributed by atoms with Gasteiger partial charge in [-0.25, -0.2) is 0 Å². The molecule has 0 radical (unpaired) electrons. The Hall–Kier alpha value is -0.420. The molecule has 3 nitrogen and oxygen atoms in total. The van der Waals surface area contributed by atoms with Gasteiger partial charge >= 0.3 is 0 Å². The van der Waals surface area contributed by atoms with E-state index >= 15 is 0 Å². The minimum atomic E-state index is 0.364. The molecule has 0 saturated carbocycles.